The summed E-state index contributed by atoms with van der Waals surface area (Å²) in [6.45, 7) is 2.94. The van der Waals surface area contributed by atoms with E-state index in [4.69, 9.17) is 18.9 Å². The van der Waals surface area contributed by atoms with Crippen LogP contribution in [-0.2, 0) is 19.0 Å². The summed E-state index contributed by atoms with van der Waals surface area (Å²) in [5.41, 5.74) is 0. The Bertz CT molecular complexity index is 346. The SMILES string of the molecule is O=C([O-])CCOCCOCCOCCOc1ccsc1.[K+]. The van der Waals surface area contributed by atoms with Crippen molar-refractivity contribution >= 4 is 17.3 Å². The Kier molecular flexibility index (Phi) is 15.7. The van der Waals surface area contributed by atoms with Crippen molar-refractivity contribution in [2.45, 2.75) is 6.42 Å². The molecule has 21 heavy (non-hydrogen) atoms. The van der Waals surface area contributed by atoms with Gasteiger partial charge in [0.2, 0.25) is 0 Å². The summed E-state index contributed by atoms with van der Waals surface area (Å²) in [5.74, 6) is -0.243. The summed E-state index contributed by atoms with van der Waals surface area (Å²) in [5, 5.41) is 14.0. The second-order valence-corrected chi connectivity index (χ2v) is 4.55. The Labute approximate surface area is 171 Å². The van der Waals surface area contributed by atoms with Crippen molar-refractivity contribution in [3.63, 3.8) is 0 Å². The van der Waals surface area contributed by atoms with Gasteiger partial charge in [-0.2, -0.15) is 0 Å². The van der Waals surface area contributed by atoms with Gasteiger partial charge in [-0.1, -0.05) is 0 Å². The second kappa shape index (κ2) is 15.4. The van der Waals surface area contributed by atoms with Gasteiger partial charge in [-0.3, -0.25) is 0 Å². The van der Waals surface area contributed by atoms with Crippen molar-refractivity contribution in [3.05, 3.63) is 16.8 Å². The number of carbonyl (C=O) groups is 1. The molecule has 0 saturated carbocycles. The Hall–Kier alpha value is 0.486. The summed E-state index contributed by atoms with van der Waals surface area (Å²) < 4.78 is 21.0. The van der Waals surface area contributed by atoms with Crippen LogP contribution in [0.1, 0.15) is 6.42 Å². The van der Waals surface area contributed by atoms with Crippen LogP contribution in [0.4, 0.5) is 0 Å². The Balaban J connectivity index is 0.00000400. The molecular formula is C13H19KO6S. The van der Waals surface area contributed by atoms with E-state index in [0.29, 0.717) is 39.6 Å². The first kappa shape index (κ1) is 21.5. The summed E-state index contributed by atoms with van der Waals surface area (Å²) >= 11 is 1.59. The Morgan fingerprint density at radius 3 is 2.10 bits per heavy atom. The van der Waals surface area contributed by atoms with E-state index in [1.54, 1.807) is 11.3 Å². The fraction of sp³-hybridized carbons (Fsp3) is 0.615. The number of hydrogen-bond acceptors (Lipinski definition) is 7. The van der Waals surface area contributed by atoms with Crippen molar-refractivity contribution in [3.8, 4) is 5.75 Å². The minimum atomic E-state index is -1.11. The quantitative estimate of drug-likeness (QED) is 0.287. The molecule has 1 rings (SSSR count). The third kappa shape index (κ3) is 13.8. The molecule has 1 heterocycles. The average molecular weight is 342 g/mol. The van der Waals surface area contributed by atoms with Crippen LogP contribution >= 0.6 is 11.3 Å². The van der Waals surface area contributed by atoms with Crippen molar-refractivity contribution in [2.75, 3.05) is 46.2 Å². The molecule has 0 N–H and O–H groups in total. The first-order valence-corrected chi connectivity index (χ1v) is 7.31. The van der Waals surface area contributed by atoms with Crippen LogP contribution in [0.3, 0.4) is 0 Å². The molecule has 0 bridgehead atoms. The Morgan fingerprint density at radius 1 is 1.00 bits per heavy atom. The zero-order valence-corrected chi connectivity index (χ0v) is 16.2. The summed E-state index contributed by atoms with van der Waals surface area (Å²) in [6, 6.07) is 1.91. The van der Waals surface area contributed by atoms with Crippen LogP contribution in [0.2, 0.25) is 0 Å². The maximum Gasteiger partial charge on any atom is 1.00 e. The summed E-state index contributed by atoms with van der Waals surface area (Å²) in [7, 11) is 0. The molecule has 0 atom stereocenters. The molecule has 0 saturated heterocycles. The van der Waals surface area contributed by atoms with E-state index < -0.39 is 5.97 Å². The molecule has 0 unspecified atom stereocenters. The molecule has 0 fully saturated rings. The molecule has 0 aliphatic carbocycles. The maximum atomic E-state index is 10.1. The van der Waals surface area contributed by atoms with Gasteiger partial charge in [-0.25, -0.2) is 0 Å². The van der Waals surface area contributed by atoms with E-state index in [0.717, 1.165) is 5.75 Å². The van der Waals surface area contributed by atoms with Crippen LogP contribution in [0, 0.1) is 0 Å². The van der Waals surface area contributed by atoms with E-state index in [2.05, 4.69) is 0 Å². The van der Waals surface area contributed by atoms with Gasteiger partial charge in [0.05, 0.1) is 39.6 Å². The molecule has 1 aromatic rings. The largest absolute Gasteiger partial charge is 1.00 e. The van der Waals surface area contributed by atoms with Crippen LogP contribution < -0.4 is 61.2 Å². The summed E-state index contributed by atoms with van der Waals surface area (Å²) in [6.07, 6.45) is -0.0900. The zero-order valence-electron chi connectivity index (χ0n) is 12.2. The number of thiophene rings is 1. The van der Waals surface area contributed by atoms with Gasteiger partial charge in [0.25, 0.3) is 0 Å². The number of rotatable bonds is 13. The number of aliphatic carboxylic acids is 1. The number of hydrogen-bond donors (Lipinski definition) is 0. The van der Waals surface area contributed by atoms with Gasteiger partial charge >= 0.3 is 51.4 Å². The molecule has 0 aromatic carbocycles. The monoisotopic (exact) mass is 342 g/mol. The van der Waals surface area contributed by atoms with Crippen LogP contribution in [0.5, 0.6) is 5.75 Å². The van der Waals surface area contributed by atoms with Crippen LogP contribution in [0.15, 0.2) is 16.8 Å². The molecule has 0 amide bonds. The number of carboxylic acids is 1. The van der Waals surface area contributed by atoms with Crippen molar-refractivity contribution in [2.24, 2.45) is 0 Å². The fourth-order valence-corrected chi connectivity index (χ4v) is 1.82. The fourth-order valence-electron chi connectivity index (χ4n) is 1.25. The third-order valence-corrected chi connectivity index (χ3v) is 2.85. The van der Waals surface area contributed by atoms with E-state index in [-0.39, 0.29) is 64.4 Å². The predicted octanol–water partition coefficient (Wildman–Crippen LogP) is -2.68. The van der Waals surface area contributed by atoms with Crippen molar-refractivity contribution in [1.82, 2.24) is 0 Å². The van der Waals surface area contributed by atoms with Crippen LogP contribution in [-0.4, -0.2) is 52.2 Å². The predicted molar refractivity (Wildman–Crippen MR) is 71.9 cm³/mol. The third-order valence-electron chi connectivity index (χ3n) is 2.19. The first-order chi connectivity index (χ1) is 9.79. The number of ether oxygens (including phenoxy) is 4. The molecule has 0 aliphatic rings. The van der Waals surface area contributed by atoms with E-state index in [9.17, 15) is 9.90 Å². The maximum absolute atomic E-state index is 10.1. The minimum absolute atomic E-state index is 0. The molecule has 0 aliphatic heterocycles. The standard InChI is InChI=1S/C13H20O6S.K/c14-13(15)1-3-16-4-5-17-6-7-18-8-9-19-12-2-10-20-11-12;/h2,10-11H,1,3-9H2,(H,14,15);/q;+1/p-1. The van der Waals surface area contributed by atoms with Gasteiger partial charge in [0.1, 0.15) is 12.4 Å². The molecule has 114 valence electrons. The minimum Gasteiger partial charge on any atom is -0.550 e. The van der Waals surface area contributed by atoms with E-state index in [1.165, 1.54) is 0 Å². The average Bonchev–Trinajstić information content (AvgIpc) is 2.93. The second-order valence-electron chi connectivity index (χ2n) is 3.77. The van der Waals surface area contributed by atoms with E-state index in [1.807, 2.05) is 16.8 Å². The molecule has 8 heteroatoms. The molecule has 0 spiro atoms. The number of carboxylic acid groups (broad SMARTS) is 1. The first-order valence-electron chi connectivity index (χ1n) is 6.37. The normalized spacial score (nSPS) is 10.1. The topological polar surface area (TPSA) is 77.1 Å². The van der Waals surface area contributed by atoms with Gasteiger partial charge in [-0.15, -0.1) is 11.3 Å². The molecular weight excluding hydrogens is 323 g/mol. The van der Waals surface area contributed by atoms with Crippen molar-refractivity contribution < 1.29 is 80.2 Å². The van der Waals surface area contributed by atoms with Gasteiger partial charge in [0, 0.05) is 17.8 Å². The molecule has 1 aromatic heterocycles. The van der Waals surface area contributed by atoms with Crippen LogP contribution in [0.25, 0.3) is 0 Å². The van der Waals surface area contributed by atoms with Gasteiger partial charge in [-0.05, 0) is 11.4 Å². The Morgan fingerprint density at radius 2 is 1.57 bits per heavy atom. The molecule has 0 radical (unpaired) electrons. The smallest absolute Gasteiger partial charge is 0.550 e. The van der Waals surface area contributed by atoms with Gasteiger partial charge in [0.15, 0.2) is 0 Å². The summed E-state index contributed by atoms with van der Waals surface area (Å²) in [4.78, 5) is 10.1. The van der Waals surface area contributed by atoms with Gasteiger partial charge < -0.3 is 28.8 Å². The van der Waals surface area contributed by atoms with Crippen molar-refractivity contribution in [1.29, 1.82) is 0 Å². The number of carbonyl (C=O) groups excluding carboxylic acids is 1. The molecule has 6 nitrogen and oxygen atoms in total. The van der Waals surface area contributed by atoms with E-state index >= 15 is 0 Å². The zero-order chi connectivity index (χ0) is 14.5.